The number of anilines is 2. The summed E-state index contributed by atoms with van der Waals surface area (Å²) >= 11 is 5.91. The van der Waals surface area contributed by atoms with Gasteiger partial charge in [0.05, 0.1) is 16.3 Å². The minimum Gasteiger partial charge on any atom is -0.325 e. The van der Waals surface area contributed by atoms with Gasteiger partial charge in [-0.05, 0) is 42.5 Å². The van der Waals surface area contributed by atoms with E-state index in [1.807, 2.05) is 0 Å². The maximum absolute atomic E-state index is 12.9. The summed E-state index contributed by atoms with van der Waals surface area (Å²) in [5.74, 6) is -1.84. The topological polar surface area (TPSA) is 49.4 Å². The van der Waals surface area contributed by atoms with Gasteiger partial charge in [-0.25, -0.2) is 4.39 Å². The van der Waals surface area contributed by atoms with Crippen LogP contribution in [0.2, 0.25) is 5.02 Å². The van der Waals surface area contributed by atoms with Gasteiger partial charge in [0.25, 0.3) is 0 Å². The molecule has 2 amide bonds. The van der Waals surface area contributed by atoms with Crippen molar-refractivity contribution in [3.05, 3.63) is 58.9 Å². The second kappa shape index (κ2) is 7.74. The Hall–Kier alpha value is -2.61. The zero-order chi connectivity index (χ0) is 19.5. The van der Waals surface area contributed by atoms with E-state index >= 15 is 0 Å². The lowest BCUT2D eigenvalue weighted by Gasteiger charge is -2.23. The van der Waals surface area contributed by atoms with Crippen molar-refractivity contribution in [3.8, 4) is 0 Å². The number of rotatable bonds is 4. The highest BCUT2D eigenvalue weighted by Gasteiger charge is 2.32. The van der Waals surface area contributed by atoms with E-state index in [9.17, 15) is 27.2 Å². The Morgan fingerprint density at radius 1 is 1.12 bits per heavy atom. The highest BCUT2D eigenvalue weighted by molar-refractivity contribution is 6.34. The largest absolute Gasteiger partial charge is 0.416 e. The Morgan fingerprint density at radius 3 is 2.27 bits per heavy atom. The number of hydrogen-bond acceptors (Lipinski definition) is 2. The highest BCUT2D eigenvalue weighted by Crippen LogP contribution is 2.35. The molecule has 0 atom stereocenters. The molecule has 26 heavy (non-hydrogen) atoms. The molecule has 0 fully saturated rings. The fourth-order valence-electron chi connectivity index (χ4n) is 2.14. The quantitative estimate of drug-likeness (QED) is 0.784. The van der Waals surface area contributed by atoms with E-state index < -0.39 is 35.9 Å². The van der Waals surface area contributed by atoms with Crippen molar-refractivity contribution in [2.45, 2.75) is 13.1 Å². The Kier molecular flexibility index (Phi) is 5.86. The first-order chi connectivity index (χ1) is 12.1. The first-order valence-electron chi connectivity index (χ1n) is 7.28. The summed E-state index contributed by atoms with van der Waals surface area (Å²) in [6, 6.07) is 7.36. The van der Waals surface area contributed by atoms with Crippen LogP contribution in [0.4, 0.5) is 28.9 Å². The Morgan fingerprint density at radius 2 is 1.73 bits per heavy atom. The molecular formula is C17H13ClF4N2O2. The Bertz CT molecular complexity index is 823. The van der Waals surface area contributed by atoms with Crippen LogP contribution in [0.15, 0.2) is 42.5 Å². The molecule has 1 N–H and O–H groups in total. The van der Waals surface area contributed by atoms with E-state index in [1.54, 1.807) is 0 Å². The Labute approximate surface area is 151 Å². The van der Waals surface area contributed by atoms with Gasteiger partial charge in [-0.15, -0.1) is 0 Å². The minimum absolute atomic E-state index is 0.109. The summed E-state index contributed by atoms with van der Waals surface area (Å²) in [7, 11) is 0. The molecule has 0 saturated heterocycles. The number of benzene rings is 2. The summed E-state index contributed by atoms with van der Waals surface area (Å²) < 4.78 is 51.5. The molecule has 0 saturated carbocycles. The van der Waals surface area contributed by atoms with Crippen molar-refractivity contribution in [3.63, 3.8) is 0 Å². The van der Waals surface area contributed by atoms with Crippen LogP contribution in [-0.2, 0) is 15.8 Å². The van der Waals surface area contributed by atoms with E-state index in [0.717, 1.165) is 36.1 Å². The van der Waals surface area contributed by atoms with Gasteiger partial charge in [-0.1, -0.05) is 11.6 Å². The summed E-state index contributed by atoms with van der Waals surface area (Å²) in [5, 5.41) is 2.32. The van der Waals surface area contributed by atoms with Gasteiger partial charge in [-0.2, -0.15) is 13.2 Å². The molecule has 0 radical (unpaired) electrons. The predicted octanol–water partition coefficient (Wildman–Crippen LogP) is 4.49. The molecular weight excluding hydrogens is 376 g/mol. The lowest BCUT2D eigenvalue weighted by molar-refractivity contribution is -0.137. The average molecular weight is 389 g/mol. The van der Waals surface area contributed by atoms with Crippen LogP contribution >= 0.6 is 11.6 Å². The lowest BCUT2D eigenvalue weighted by atomic mass is 10.1. The van der Waals surface area contributed by atoms with Gasteiger partial charge in [0.15, 0.2) is 0 Å². The van der Waals surface area contributed by atoms with Crippen LogP contribution in [0.3, 0.4) is 0 Å². The standard InChI is InChI=1S/C17H13ClF4N2O2/c1-10(25)24(9-16(26)23-13-5-3-12(19)4-6-13)15-8-11(17(20,21)22)2-7-14(15)18/h2-8H,9H2,1H3,(H,23,26). The summed E-state index contributed by atoms with van der Waals surface area (Å²) in [4.78, 5) is 24.8. The third kappa shape index (κ3) is 4.95. The molecule has 0 aliphatic heterocycles. The molecule has 9 heteroatoms. The molecule has 2 aromatic carbocycles. The van der Waals surface area contributed by atoms with Crippen molar-refractivity contribution >= 4 is 34.8 Å². The fourth-order valence-corrected chi connectivity index (χ4v) is 2.36. The number of carbonyl (C=O) groups is 2. The van der Waals surface area contributed by atoms with Crippen molar-refractivity contribution < 1.29 is 27.2 Å². The van der Waals surface area contributed by atoms with Crippen molar-refractivity contribution in [1.29, 1.82) is 0 Å². The summed E-state index contributed by atoms with van der Waals surface area (Å²) in [6.07, 6.45) is -4.63. The van der Waals surface area contributed by atoms with Gasteiger partial charge in [0.1, 0.15) is 12.4 Å². The normalized spacial score (nSPS) is 11.2. The SMILES string of the molecule is CC(=O)N(CC(=O)Nc1ccc(F)cc1)c1cc(C(F)(F)F)ccc1Cl. The molecule has 0 aliphatic carbocycles. The smallest absolute Gasteiger partial charge is 0.325 e. The van der Waals surface area contributed by atoms with E-state index in [2.05, 4.69) is 5.32 Å². The molecule has 0 aromatic heterocycles. The van der Waals surface area contributed by atoms with Crippen molar-refractivity contribution in [1.82, 2.24) is 0 Å². The van der Waals surface area contributed by atoms with Crippen LogP contribution in [0.1, 0.15) is 12.5 Å². The van der Waals surface area contributed by atoms with Crippen LogP contribution in [-0.4, -0.2) is 18.4 Å². The zero-order valence-corrected chi connectivity index (χ0v) is 14.2. The number of hydrogen-bond donors (Lipinski definition) is 1. The predicted molar refractivity (Wildman–Crippen MR) is 89.5 cm³/mol. The number of halogens is 5. The monoisotopic (exact) mass is 388 g/mol. The molecule has 0 bridgehead atoms. The van der Waals surface area contributed by atoms with Crippen LogP contribution in [0.25, 0.3) is 0 Å². The van der Waals surface area contributed by atoms with Crippen molar-refractivity contribution in [2.24, 2.45) is 0 Å². The molecule has 0 heterocycles. The zero-order valence-electron chi connectivity index (χ0n) is 13.4. The average Bonchev–Trinajstić information content (AvgIpc) is 2.54. The molecule has 2 aromatic rings. The van der Waals surface area contributed by atoms with Gasteiger partial charge in [0, 0.05) is 12.6 Å². The van der Waals surface area contributed by atoms with Crippen molar-refractivity contribution in [2.75, 3.05) is 16.8 Å². The first kappa shape index (κ1) is 19.7. The summed E-state index contributed by atoms with van der Waals surface area (Å²) in [6.45, 7) is 0.537. The number of nitrogens with one attached hydrogen (secondary N) is 1. The van der Waals surface area contributed by atoms with Gasteiger partial charge in [-0.3, -0.25) is 9.59 Å². The number of amides is 2. The fraction of sp³-hybridized carbons (Fsp3) is 0.176. The van der Waals surface area contributed by atoms with E-state index in [-0.39, 0.29) is 16.4 Å². The molecule has 4 nitrogen and oxygen atoms in total. The maximum Gasteiger partial charge on any atom is 0.416 e. The molecule has 0 spiro atoms. The first-order valence-corrected chi connectivity index (χ1v) is 7.66. The molecule has 0 unspecified atom stereocenters. The number of carbonyl (C=O) groups excluding carboxylic acids is 2. The maximum atomic E-state index is 12.9. The molecule has 138 valence electrons. The van der Waals surface area contributed by atoms with Crippen LogP contribution in [0.5, 0.6) is 0 Å². The van der Waals surface area contributed by atoms with Gasteiger partial charge < -0.3 is 10.2 Å². The van der Waals surface area contributed by atoms with Crippen LogP contribution in [0, 0.1) is 5.82 Å². The number of nitrogens with zero attached hydrogens (tertiary/aromatic N) is 1. The molecule has 0 aliphatic rings. The molecule has 2 rings (SSSR count). The van der Waals surface area contributed by atoms with E-state index in [1.165, 1.54) is 12.1 Å². The Balaban J connectivity index is 2.25. The third-order valence-corrected chi connectivity index (χ3v) is 3.69. The van der Waals surface area contributed by atoms with Gasteiger partial charge in [0.2, 0.25) is 11.8 Å². The highest BCUT2D eigenvalue weighted by atomic mass is 35.5. The second-order valence-corrected chi connectivity index (χ2v) is 5.73. The second-order valence-electron chi connectivity index (χ2n) is 5.32. The number of alkyl halides is 3. The van der Waals surface area contributed by atoms with E-state index in [0.29, 0.717) is 6.07 Å². The van der Waals surface area contributed by atoms with Gasteiger partial charge >= 0.3 is 6.18 Å². The summed E-state index contributed by atoms with van der Waals surface area (Å²) in [5.41, 5.74) is -0.958. The van der Waals surface area contributed by atoms with Crippen LogP contribution < -0.4 is 10.2 Å². The minimum atomic E-state index is -4.63. The lowest BCUT2D eigenvalue weighted by Crippen LogP contribution is -2.37. The van der Waals surface area contributed by atoms with E-state index in [4.69, 9.17) is 11.6 Å². The third-order valence-electron chi connectivity index (χ3n) is 3.37.